The van der Waals surface area contributed by atoms with Gasteiger partial charge in [0.1, 0.15) is 0 Å². The van der Waals surface area contributed by atoms with Crippen LogP contribution in [0.2, 0.25) is 5.02 Å². The Bertz CT molecular complexity index is 595. The number of nitrogens with two attached hydrogens (primary N) is 1. The van der Waals surface area contributed by atoms with Gasteiger partial charge in [-0.2, -0.15) is 5.10 Å². The van der Waals surface area contributed by atoms with Crippen LogP contribution in [0.15, 0.2) is 18.3 Å². The van der Waals surface area contributed by atoms with Gasteiger partial charge >= 0.3 is 0 Å². The zero-order valence-electron chi connectivity index (χ0n) is 9.92. The first-order valence-electron chi connectivity index (χ1n) is 5.31. The summed E-state index contributed by atoms with van der Waals surface area (Å²) in [5.41, 5.74) is 7.30. The quantitative estimate of drug-likeness (QED) is 0.854. The fraction of sp³-hybridized carbons (Fsp3) is 0.250. The summed E-state index contributed by atoms with van der Waals surface area (Å²) in [6, 6.07) is 1.42. The van der Waals surface area contributed by atoms with Gasteiger partial charge in [0.05, 0.1) is 12.2 Å². The minimum Gasteiger partial charge on any atom is -0.320 e. The molecule has 0 spiro atoms. The molecule has 0 aliphatic rings. The summed E-state index contributed by atoms with van der Waals surface area (Å²) in [4.78, 5) is 0. The predicted octanol–water partition coefficient (Wildman–Crippen LogP) is 2.71. The molecule has 0 radical (unpaired) electrons. The molecule has 0 bridgehead atoms. The first kappa shape index (κ1) is 13.0. The van der Waals surface area contributed by atoms with Gasteiger partial charge in [-0.05, 0) is 19.1 Å². The van der Waals surface area contributed by atoms with E-state index >= 15 is 0 Å². The van der Waals surface area contributed by atoms with Crippen LogP contribution < -0.4 is 5.73 Å². The van der Waals surface area contributed by atoms with Crippen LogP contribution in [0.3, 0.4) is 0 Å². The highest BCUT2D eigenvalue weighted by Crippen LogP contribution is 2.31. The molecule has 0 saturated heterocycles. The number of hydrogen-bond acceptors (Lipinski definition) is 2. The van der Waals surface area contributed by atoms with Crippen molar-refractivity contribution in [3.05, 3.63) is 51.8 Å². The van der Waals surface area contributed by atoms with E-state index in [0.29, 0.717) is 5.56 Å². The van der Waals surface area contributed by atoms with Crippen LogP contribution in [-0.4, -0.2) is 9.78 Å². The van der Waals surface area contributed by atoms with Crippen molar-refractivity contribution in [2.24, 2.45) is 12.8 Å². The van der Waals surface area contributed by atoms with Crippen molar-refractivity contribution < 1.29 is 8.78 Å². The van der Waals surface area contributed by atoms with Crippen LogP contribution in [0, 0.1) is 18.6 Å². The number of nitrogens with zero attached hydrogens (tertiary/aromatic N) is 2. The third-order valence-corrected chi connectivity index (χ3v) is 3.33. The zero-order valence-corrected chi connectivity index (χ0v) is 10.7. The standard InChI is InChI=1S/C12H12ClF2N3/c1-6-7(5-17-18(6)2)12(16)10-8(13)3-4-9(14)11(10)15/h3-5,12H,16H2,1-2H3. The lowest BCUT2D eigenvalue weighted by Gasteiger charge is -2.14. The normalized spacial score (nSPS) is 12.8. The Morgan fingerprint density at radius 2 is 2.06 bits per heavy atom. The van der Waals surface area contributed by atoms with Crippen molar-refractivity contribution in [1.29, 1.82) is 0 Å². The molecule has 3 nitrogen and oxygen atoms in total. The first-order valence-corrected chi connectivity index (χ1v) is 5.68. The van der Waals surface area contributed by atoms with Gasteiger partial charge in [-0.25, -0.2) is 8.78 Å². The maximum Gasteiger partial charge on any atom is 0.165 e. The third-order valence-electron chi connectivity index (χ3n) is 3.00. The topological polar surface area (TPSA) is 43.8 Å². The van der Waals surface area contributed by atoms with Crippen molar-refractivity contribution >= 4 is 11.6 Å². The Balaban J connectivity index is 2.56. The maximum atomic E-state index is 13.8. The van der Waals surface area contributed by atoms with E-state index in [9.17, 15) is 8.78 Å². The van der Waals surface area contributed by atoms with E-state index in [1.807, 2.05) is 0 Å². The van der Waals surface area contributed by atoms with Crippen molar-refractivity contribution in [3.63, 3.8) is 0 Å². The highest BCUT2D eigenvalue weighted by Gasteiger charge is 2.22. The monoisotopic (exact) mass is 271 g/mol. The van der Waals surface area contributed by atoms with Gasteiger partial charge in [-0.3, -0.25) is 4.68 Å². The molecule has 96 valence electrons. The van der Waals surface area contributed by atoms with Gasteiger partial charge in [-0.1, -0.05) is 11.6 Å². The molecule has 2 rings (SSSR count). The molecular formula is C12H12ClF2N3. The molecule has 0 amide bonds. The summed E-state index contributed by atoms with van der Waals surface area (Å²) in [5, 5.41) is 4.12. The van der Waals surface area contributed by atoms with E-state index in [0.717, 1.165) is 11.8 Å². The van der Waals surface area contributed by atoms with E-state index in [1.54, 1.807) is 18.7 Å². The molecule has 0 saturated carbocycles. The summed E-state index contributed by atoms with van der Waals surface area (Å²) in [6.07, 6.45) is 1.53. The Labute approximate surface area is 108 Å². The van der Waals surface area contributed by atoms with Crippen molar-refractivity contribution in [2.75, 3.05) is 0 Å². The van der Waals surface area contributed by atoms with Crippen LogP contribution in [0.5, 0.6) is 0 Å². The predicted molar refractivity (Wildman–Crippen MR) is 65.3 cm³/mol. The second-order valence-corrected chi connectivity index (χ2v) is 4.45. The van der Waals surface area contributed by atoms with Gasteiger partial charge in [0.15, 0.2) is 11.6 Å². The number of aryl methyl sites for hydroxylation is 1. The van der Waals surface area contributed by atoms with Gasteiger partial charge in [0.25, 0.3) is 0 Å². The molecular weight excluding hydrogens is 260 g/mol. The SMILES string of the molecule is Cc1c(C(N)c2c(Cl)ccc(F)c2F)cnn1C. The molecule has 1 aromatic carbocycles. The van der Waals surface area contributed by atoms with Crippen LogP contribution in [-0.2, 0) is 7.05 Å². The van der Waals surface area contributed by atoms with E-state index in [1.165, 1.54) is 12.3 Å². The fourth-order valence-electron chi connectivity index (χ4n) is 1.80. The molecule has 0 aliphatic heterocycles. The van der Waals surface area contributed by atoms with E-state index in [4.69, 9.17) is 17.3 Å². The van der Waals surface area contributed by atoms with Gasteiger partial charge in [0, 0.05) is 28.9 Å². The third kappa shape index (κ3) is 2.00. The maximum absolute atomic E-state index is 13.8. The lowest BCUT2D eigenvalue weighted by atomic mass is 9.99. The Hall–Kier alpha value is -1.46. The summed E-state index contributed by atoms with van der Waals surface area (Å²) >= 11 is 5.89. The van der Waals surface area contributed by atoms with Gasteiger partial charge in [0.2, 0.25) is 0 Å². The molecule has 6 heteroatoms. The van der Waals surface area contributed by atoms with E-state index in [2.05, 4.69) is 5.10 Å². The number of aromatic nitrogens is 2. The second-order valence-electron chi connectivity index (χ2n) is 4.04. The summed E-state index contributed by atoms with van der Waals surface area (Å²) in [5.74, 6) is -1.98. The zero-order chi connectivity index (χ0) is 13.4. The molecule has 0 aliphatic carbocycles. The van der Waals surface area contributed by atoms with Crippen LogP contribution in [0.25, 0.3) is 0 Å². The van der Waals surface area contributed by atoms with Crippen molar-refractivity contribution in [1.82, 2.24) is 9.78 Å². The van der Waals surface area contributed by atoms with Gasteiger partial charge < -0.3 is 5.73 Å². The highest BCUT2D eigenvalue weighted by molar-refractivity contribution is 6.31. The molecule has 2 aromatic rings. The minimum atomic E-state index is -1.02. The summed E-state index contributed by atoms with van der Waals surface area (Å²) < 4.78 is 28.6. The largest absolute Gasteiger partial charge is 0.320 e. The Morgan fingerprint density at radius 1 is 1.39 bits per heavy atom. The van der Waals surface area contributed by atoms with Crippen LogP contribution in [0.4, 0.5) is 8.78 Å². The van der Waals surface area contributed by atoms with Crippen LogP contribution in [0.1, 0.15) is 22.9 Å². The number of rotatable bonds is 2. The Kier molecular flexibility index (Phi) is 3.36. The second kappa shape index (κ2) is 4.66. The molecule has 1 aromatic heterocycles. The average Bonchev–Trinajstić information content (AvgIpc) is 2.65. The van der Waals surface area contributed by atoms with E-state index in [-0.39, 0.29) is 10.6 Å². The van der Waals surface area contributed by atoms with Crippen molar-refractivity contribution in [3.8, 4) is 0 Å². The minimum absolute atomic E-state index is 0.0484. The molecule has 1 unspecified atom stereocenters. The van der Waals surface area contributed by atoms with E-state index < -0.39 is 17.7 Å². The highest BCUT2D eigenvalue weighted by atomic mass is 35.5. The lowest BCUT2D eigenvalue weighted by Crippen LogP contribution is -2.16. The van der Waals surface area contributed by atoms with Crippen LogP contribution >= 0.6 is 11.6 Å². The fourth-order valence-corrected chi connectivity index (χ4v) is 2.07. The van der Waals surface area contributed by atoms with Crippen molar-refractivity contribution in [2.45, 2.75) is 13.0 Å². The average molecular weight is 272 g/mol. The molecule has 0 fully saturated rings. The number of benzene rings is 1. The first-order chi connectivity index (χ1) is 8.43. The molecule has 18 heavy (non-hydrogen) atoms. The number of halogens is 3. The summed E-state index contributed by atoms with van der Waals surface area (Å²) in [6.45, 7) is 1.80. The molecule has 1 atom stereocenters. The summed E-state index contributed by atoms with van der Waals surface area (Å²) in [7, 11) is 1.75. The molecule has 2 N–H and O–H groups in total. The smallest absolute Gasteiger partial charge is 0.165 e. The van der Waals surface area contributed by atoms with Gasteiger partial charge in [-0.15, -0.1) is 0 Å². The Morgan fingerprint density at radius 3 is 2.61 bits per heavy atom. The lowest BCUT2D eigenvalue weighted by molar-refractivity contribution is 0.494. The number of hydrogen-bond donors (Lipinski definition) is 1. The molecule has 1 heterocycles.